The number of nitrogens with zero attached hydrogens (tertiary/aromatic N) is 1. The molecule has 17 heavy (non-hydrogen) atoms. The summed E-state index contributed by atoms with van der Waals surface area (Å²) in [6, 6.07) is 0. The molecule has 0 aliphatic carbocycles. The largest absolute Gasteiger partial charge is 0.396 e. The standard InChI is InChI=1S/C13H23NO3/c15-9-12(4-1-7-17-10-12)13(16)8-14-5-2-11(13)3-6-14/h11,15-16H,1-10H2. The van der Waals surface area contributed by atoms with Gasteiger partial charge >= 0.3 is 0 Å². The molecule has 4 nitrogen and oxygen atoms in total. The smallest absolute Gasteiger partial charge is 0.0902 e. The number of rotatable bonds is 2. The summed E-state index contributed by atoms with van der Waals surface area (Å²) < 4.78 is 5.56. The topological polar surface area (TPSA) is 52.9 Å². The van der Waals surface area contributed by atoms with Crippen molar-refractivity contribution in [3.8, 4) is 0 Å². The Kier molecular flexibility index (Phi) is 2.94. The fourth-order valence-corrected chi connectivity index (χ4v) is 4.09. The van der Waals surface area contributed by atoms with Crippen molar-refractivity contribution in [2.45, 2.75) is 31.3 Å². The van der Waals surface area contributed by atoms with Crippen molar-refractivity contribution in [3.63, 3.8) is 0 Å². The Bertz CT molecular complexity index is 282. The number of ether oxygens (including phenoxy) is 1. The number of hydrogen-bond acceptors (Lipinski definition) is 4. The van der Waals surface area contributed by atoms with Crippen LogP contribution in [0.3, 0.4) is 0 Å². The normalized spacial score (nSPS) is 50.5. The molecule has 0 aromatic rings. The molecule has 0 aromatic carbocycles. The van der Waals surface area contributed by atoms with E-state index in [1.54, 1.807) is 0 Å². The van der Waals surface area contributed by atoms with Crippen LogP contribution in [0.5, 0.6) is 0 Å². The van der Waals surface area contributed by atoms with Crippen LogP contribution < -0.4 is 0 Å². The number of aliphatic hydroxyl groups is 2. The van der Waals surface area contributed by atoms with E-state index in [0.29, 0.717) is 12.5 Å². The van der Waals surface area contributed by atoms with Crippen LogP contribution in [-0.4, -0.2) is 60.2 Å². The molecular weight excluding hydrogens is 218 g/mol. The van der Waals surface area contributed by atoms with Crippen LogP contribution in [0.2, 0.25) is 0 Å². The molecule has 2 atom stereocenters. The maximum Gasteiger partial charge on any atom is 0.0902 e. The van der Waals surface area contributed by atoms with E-state index in [1.807, 2.05) is 0 Å². The molecule has 4 rings (SSSR count). The third kappa shape index (κ3) is 1.65. The van der Waals surface area contributed by atoms with E-state index in [2.05, 4.69) is 4.90 Å². The van der Waals surface area contributed by atoms with E-state index in [9.17, 15) is 10.2 Å². The summed E-state index contributed by atoms with van der Waals surface area (Å²) >= 11 is 0. The monoisotopic (exact) mass is 241 g/mol. The van der Waals surface area contributed by atoms with Crippen molar-refractivity contribution in [2.75, 3.05) is 39.5 Å². The van der Waals surface area contributed by atoms with E-state index >= 15 is 0 Å². The molecule has 4 saturated heterocycles. The van der Waals surface area contributed by atoms with Crippen LogP contribution in [0, 0.1) is 11.3 Å². The molecule has 98 valence electrons. The summed E-state index contributed by atoms with van der Waals surface area (Å²) in [6.07, 6.45) is 3.98. The minimum absolute atomic E-state index is 0.0494. The lowest BCUT2D eigenvalue weighted by molar-refractivity contribution is -0.229. The van der Waals surface area contributed by atoms with Gasteiger partial charge in [-0.15, -0.1) is 0 Å². The van der Waals surface area contributed by atoms with Crippen LogP contribution in [0.4, 0.5) is 0 Å². The summed E-state index contributed by atoms with van der Waals surface area (Å²) in [7, 11) is 0. The van der Waals surface area contributed by atoms with Gasteiger partial charge in [-0.2, -0.15) is 0 Å². The van der Waals surface area contributed by atoms with Crippen LogP contribution in [-0.2, 0) is 4.74 Å². The van der Waals surface area contributed by atoms with Gasteiger partial charge in [-0.3, -0.25) is 0 Å². The van der Waals surface area contributed by atoms with Crippen molar-refractivity contribution in [2.24, 2.45) is 11.3 Å². The fourth-order valence-electron chi connectivity index (χ4n) is 4.09. The van der Waals surface area contributed by atoms with Gasteiger partial charge in [-0.25, -0.2) is 0 Å². The zero-order chi connectivity index (χ0) is 11.9. The summed E-state index contributed by atoms with van der Waals surface area (Å²) in [5, 5.41) is 21.0. The lowest BCUT2D eigenvalue weighted by atomic mass is 9.59. The van der Waals surface area contributed by atoms with E-state index < -0.39 is 11.0 Å². The van der Waals surface area contributed by atoms with E-state index in [4.69, 9.17) is 4.74 Å². The second-order valence-corrected chi connectivity index (χ2v) is 6.07. The molecule has 2 bridgehead atoms. The van der Waals surface area contributed by atoms with Crippen LogP contribution >= 0.6 is 0 Å². The maximum atomic E-state index is 11.2. The van der Waals surface area contributed by atoms with Gasteiger partial charge in [0.15, 0.2) is 0 Å². The second-order valence-electron chi connectivity index (χ2n) is 6.07. The summed E-state index contributed by atoms with van der Waals surface area (Å²) in [5.41, 5.74) is -1.16. The highest BCUT2D eigenvalue weighted by Gasteiger charge is 2.58. The lowest BCUT2D eigenvalue weighted by Crippen LogP contribution is -2.69. The van der Waals surface area contributed by atoms with Crippen molar-refractivity contribution >= 4 is 0 Å². The minimum atomic E-state index is -0.737. The number of hydrogen-bond donors (Lipinski definition) is 2. The molecular formula is C13H23NO3. The Morgan fingerprint density at radius 1 is 1.29 bits per heavy atom. The molecule has 2 unspecified atom stereocenters. The first-order valence-electron chi connectivity index (χ1n) is 6.84. The summed E-state index contributed by atoms with van der Waals surface area (Å²) in [5.74, 6) is 0.348. The quantitative estimate of drug-likeness (QED) is 0.727. The van der Waals surface area contributed by atoms with Crippen LogP contribution in [0.15, 0.2) is 0 Å². The van der Waals surface area contributed by atoms with Crippen molar-refractivity contribution in [1.29, 1.82) is 0 Å². The third-order valence-corrected chi connectivity index (χ3v) is 5.27. The van der Waals surface area contributed by atoms with E-state index in [1.165, 1.54) is 0 Å². The highest BCUT2D eigenvalue weighted by atomic mass is 16.5. The molecule has 0 spiro atoms. The first kappa shape index (κ1) is 11.9. The highest BCUT2D eigenvalue weighted by molar-refractivity contribution is 5.09. The first-order valence-corrected chi connectivity index (χ1v) is 6.84. The molecule has 4 aliphatic rings. The predicted octanol–water partition coefficient (Wildman–Crippen LogP) is 0.232. The third-order valence-electron chi connectivity index (χ3n) is 5.27. The SMILES string of the molecule is OCC1(C2(O)CN3CCC2CC3)CCCOC1. The fraction of sp³-hybridized carbons (Fsp3) is 1.00. The van der Waals surface area contributed by atoms with Gasteiger partial charge in [-0.1, -0.05) is 0 Å². The Hall–Kier alpha value is -0.160. The zero-order valence-corrected chi connectivity index (χ0v) is 10.4. The molecule has 0 aromatic heterocycles. The number of piperidine rings is 3. The maximum absolute atomic E-state index is 11.2. The molecule has 4 heteroatoms. The Morgan fingerprint density at radius 3 is 2.53 bits per heavy atom. The predicted molar refractivity (Wildman–Crippen MR) is 63.7 cm³/mol. The first-order chi connectivity index (χ1) is 8.20. The van der Waals surface area contributed by atoms with Crippen LogP contribution in [0.25, 0.3) is 0 Å². The van der Waals surface area contributed by atoms with E-state index in [0.717, 1.165) is 51.9 Å². The molecule has 0 saturated carbocycles. The highest BCUT2D eigenvalue weighted by Crippen LogP contribution is 2.49. The van der Waals surface area contributed by atoms with Gasteiger partial charge in [0, 0.05) is 18.6 Å². The van der Waals surface area contributed by atoms with Crippen molar-refractivity contribution < 1.29 is 14.9 Å². The molecule has 0 amide bonds. The lowest BCUT2D eigenvalue weighted by Gasteiger charge is -2.59. The van der Waals surface area contributed by atoms with Gasteiger partial charge in [0.1, 0.15) is 0 Å². The molecule has 4 fully saturated rings. The van der Waals surface area contributed by atoms with Crippen molar-refractivity contribution in [1.82, 2.24) is 4.90 Å². The average Bonchev–Trinajstić information content (AvgIpc) is 2.40. The Morgan fingerprint density at radius 2 is 2.06 bits per heavy atom. The zero-order valence-electron chi connectivity index (χ0n) is 10.4. The minimum Gasteiger partial charge on any atom is -0.396 e. The Balaban J connectivity index is 1.89. The molecule has 0 radical (unpaired) electrons. The van der Waals surface area contributed by atoms with Gasteiger partial charge in [0.25, 0.3) is 0 Å². The van der Waals surface area contributed by atoms with Gasteiger partial charge in [-0.05, 0) is 44.7 Å². The molecule has 4 heterocycles. The number of fused-ring (bicyclic) bond motifs is 3. The van der Waals surface area contributed by atoms with E-state index in [-0.39, 0.29) is 6.61 Å². The second kappa shape index (κ2) is 4.19. The van der Waals surface area contributed by atoms with Gasteiger partial charge < -0.3 is 19.8 Å². The molecule has 4 aliphatic heterocycles. The molecule has 2 N–H and O–H groups in total. The summed E-state index contributed by atoms with van der Waals surface area (Å²) in [4.78, 5) is 2.34. The van der Waals surface area contributed by atoms with Gasteiger partial charge in [0.05, 0.1) is 18.8 Å². The number of aliphatic hydroxyl groups excluding tert-OH is 1. The average molecular weight is 241 g/mol. The van der Waals surface area contributed by atoms with Crippen LogP contribution in [0.1, 0.15) is 25.7 Å². The Labute approximate surface area is 103 Å². The summed E-state index contributed by atoms with van der Waals surface area (Å²) in [6.45, 7) is 4.27. The van der Waals surface area contributed by atoms with Gasteiger partial charge in [0.2, 0.25) is 0 Å². The van der Waals surface area contributed by atoms with Crippen molar-refractivity contribution in [3.05, 3.63) is 0 Å².